The van der Waals surface area contributed by atoms with Gasteiger partial charge in [0.25, 0.3) is 5.56 Å². The molecule has 0 saturated heterocycles. The molecule has 2 aromatic carbocycles. The third kappa shape index (κ3) is 5.07. The van der Waals surface area contributed by atoms with Crippen molar-refractivity contribution in [2.75, 3.05) is 6.61 Å². The van der Waals surface area contributed by atoms with Crippen LogP contribution in [0.5, 0.6) is 11.5 Å². The van der Waals surface area contributed by atoms with E-state index in [9.17, 15) is 23.2 Å². The number of halogens is 3. The molecule has 0 saturated carbocycles. The molecule has 1 heterocycles. The summed E-state index contributed by atoms with van der Waals surface area (Å²) in [4.78, 5) is 14.7. The van der Waals surface area contributed by atoms with Crippen molar-refractivity contribution in [1.82, 2.24) is 4.98 Å². The van der Waals surface area contributed by atoms with Crippen LogP contribution < -0.4 is 15.0 Å². The maximum absolute atomic E-state index is 12.9. The van der Waals surface area contributed by atoms with Crippen molar-refractivity contribution in [2.24, 2.45) is 0 Å². The monoisotopic (exact) mass is 428 g/mol. The Hall–Kier alpha value is -3.73. The van der Waals surface area contributed by atoms with Crippen molar-refractivity contribution in [3.63, 3.8) is 0 Å². The highest BCUT2D eigenvalue weighted by Crippen LogP contribution is 2.35. The zero-order valence-corrected chi connectivity index (χ0v) is 16.8. The first-order valence-electron chi connectivity index (χ1n) is 9.43. The molecule has 0 aliphatic heterocycles. The van der Waals surface area contributed by atoms with Crippen LogP contribution in [-0.4, -0.2) is 11.6 Å². The summed E-state index contributed by atoms with van der Waals surface area (Å²) in [5, 5.41) is 9.36. The summed E-state index contributed by atoms with van der Waals surface area (Å²) in [6.07, 6.45) is -4.43. The Morgan fingerprint density at radius 2 is 1.84 bits per heavy atom. The van der Waals surface area contributed by atoms with Crippen LogP contribution in [0.1, 0.15) is 29.3 Å². The number of rotatable bonds is 6. The van der Waals surface area contributed by atoms with Gasteiger partial charge in [0.05, 0.1) is 12.2 Å². The van der Waals surface area contributed by atoms with Crippen molar-refractivity contribution in [2.45, 2.75) is 26.6 Å². The number of nitriles is 1. The average molecular weight is 428 g/mol. The van der Waals surface area contributed by atoms with E-state index in [0.29, 0.717) is 40.5 Å². The molecule has 0 aliphatic rings. The molecule has 0 atom stereocenters. The van der Waals surface area contributed by atoms with Gasteiger partial charge >= 0.3 is 6.18 Å². The van der Waals surface area contributed by atoms with Crippen LogP contribution >= 0.6 is 0 Å². The van der Waals surface area contributed by atoms with Crippen LogP contribution in [0.4, 0.5) is 13.2 Å². The first-order chi connectivity index (χ1) is 14.7. The molecule has 0 amide bonds. The van der Waals surface area contributed by atoms with Gasteiger partial charge in [-0.2, -0.15) is 18.4 Å². The molecule has 0 aliphatic carbocycles. The van der Waals surface area contributed by atoms with E-state index in [1.807, 2.05) is 6.07 Å². The van der Waals surface area contributed by atoms with E-state index in [1.54, 1.807) is 44.2 Å². The van der Waals surface area contributed by atoms with Gasteiger partial charge in [-0.3, -0.25) is 4.79 Å². The Morgan fingerprint density at radius 3 is 2.52 bits per heavy atom. The highest BCUT2D eigenvalue weighted by molar-refractivity contribution is 5.72. The Balaban J connectivity index is 1.92. The molecule has 1 N–H and O–H groups in total. The van der Waals surface area contributed by atoms with E-state index in [1.165, 1.54) is 6.07 Å². The Labute approximate surface area is 176 Å². The fraction of sp³-hybridized carbons (Fsp3) is 0.217. The summed E-state index contributed by atoms with van der Waals surface area (Å²) in [5.41, 5.74) is 0.739. The van der Waals surface area contributed by atoms with E-state index < -0.39 is 17.3 Å². The molecule has 0 bridgehead atoms. The highest BCUT2D eigenvalue weighted by atomic mass is 19.4. The molecule has 0 spiro atoms. The standard InChI is InChI=1S/C23H19F3N2O3/c1-3-30-21-11-16(18-9-14(2)28-22(29)19(18)12-27)7-8-20(21)31-13-15-5-4-6-17(10-15)23(24,25)26/h4-11H,3,13H2,1-2H3,(H,28,29). The smallest absolute Gasteiger partial charge is 0.416 e. The van der Waals surface area contributed by atoms with E-state index >= 15 is 0 Å². The van der Waals surface area contributed by atoms with Gasteiger partial charge in [0, 0.05) is 11.3 Å². The molecule has 3 aromatic rings. The van der Waals surface area contributed by atoms with Gasteiger partial charge < -0.3 is 14.5 Å². The van der Waals surface area contributed by atoms with E-state index in [0.717, 1.165) is 12.1 Å². The number of ether oxygens (including phenoxy) is 2. The number of alkyl halides is 3. The third-order valence-electron chi connectivity index (χ3n) is 4.48. The quantitative estimate of drug-likeness (QED) is 0.584. The molecule has 3 rings (SSSR count). The van der Waals surface area contributed by atoms with E-state index in [-0.39, 0.29) is 12.2 Å². The number of hydrogen-bond donors (Lipinski definition) is 1. The van der Waals surface area contributed by atoms with Gasteiger partial charge in [-0.1, -0.05) is 18.2 Å². The first kappa shape index (κ1) is 22.0. The van der Waals surface area contributed by atoms with Crippen LogP contribution in [0, 0.1) is 18.3 Å². The van der Waals surface area contributed by atoms with Crippen LogP contribution in [0.2, 0.25) is 0 Å². The van der Waals surface area contributed by atoms with Crippen molar-refractivity contribution in [3.05, 3.63) is 81.3 Å². The lowest BCUT2D eigenvalue weighted by Crippen LogP contribution is -2.12. The van der Waals surface area contributed by atoms with Gasteiger partial charge in [-0.05, 0) is 55.3 Å². The molecule has 1 aromatic heterocycles. The maximum atomic E-state index is 12.9. The second-order valence-corrected chi connectivity index (χ2v) is 6.76. The predicted molar refractivity (Wildman–Crippen MR) is 109 cm³/mol. The number of hydrogen-bond acceptors (Lipinski definition) is 4. The lowest BCUT2D eigenvalue weighted by molar-refractivity contribution is -0.137. The average Bonchev–Trinajstić information content (AvgIpc) is 2.72. The van der Waals surface area contributed by atoms with Gasteiger partial charge in [-0.15, -0.1) is 0 Å². The Kier molecular flexibility index (Phi) is 6.35. The van der Waals surface area contributed by atoms with Crippen molar-refractivity contribution >= 4 is 0 Å². The van der Waals surface area contributed by atoms with Crippen LogP contribution in [0.3, 0.4) is 0 Å². The number of aromatic amines is 1. The number of nitrogens with zero attached hydrogens (tertiary/aromatic N) is 1. The normalized spacial score (nSPS) is 11.1. The number of benzene rings is 2. The number of aryl methyl sites for hydroxylation is 1. The van der Waals surface area contributed by atoms with Crippen LogP contribution in [-0.2, 0) is 12.8 Å². The van der Waals surface area contributed by atoms with Gasteiger partial charge in [0.1, 0.15) is 18.2 Å². The molecular weight excluding hydrogens is 409 g/mol. The lowest BCUT2D eigenvalue weighted by Gasteiger charge is -2.15. The minimum absolute atomic E-state index is 0.0225. The zero-order chi connectivity index (χ0) is 22.6. The number of aromatic nitrogens is 1. The number of nitrogens with one attached hydrogen (secondary N) is 1. The molecule has 8 heteroatoms. The molecule has 0 radical (unpaired) electrons. The molecule has 5 nitrogen and oxygen atoms in total. The van der Waals surface area contributed by atoms with Gasteiger partial charge in [-0.25, -0.2) is 0 Å². The SMILES string of the molecule is CCOc1cc(-c2cc(C)[nH]c(=O)c2C#N)ccc1OCc1cccc(C(F)(F)F)c1. The van der Waals surface area contributed by atoms with Gasteiger partial charge in [0.15, 0.2) is 11.5 Å². The fourth-order valence-corrected chi connectivity index (χ4v) is 3.09. The zero-order valence-electron chi connectivity index (χ0n) is 16.8. The summed E-state index contributed by atoms with van der Waals surface area (Å²) in [6.45, 7) is 3.73. The molecule has 0 unspecified atom stereocenters. The molecule has 160 valence electrons. The summed E-state index contributed by atoms with van der Waals surface area (Å²) >= 11 is 0. The lowest BCUT2D eigenvalue weighted by atomic mass is 10.0. The minimum Gasteiger partial charge on any atom is -0.490 e. The van der Waals surface area contributed by atoms with Crippen molar-refractivity contribution in [1.29, 1.82) is 5.26 Å². The Morgan fingerprint density at radius 1 is 1.06 bits per heavy atom. The number of H-pyrrole nitrogens is 1. The molecule has 31 heavy (non-hydrogen) atoms. The summed E-state index contributed by atoms with van der Waals surface area (Å²) in [7, 11) is 0. The molecular formula is C23H19F3N2O3. The maximum Gasteiger partial charge on any atom is 0.416 e. The molecule has 0 fully saturated rings. The largest absolute Gasteiger partial charge is 0.490 e. The van der Waals surface area contributed by atoms with Gasteiger partial charge in [0.2, 0.25) is 0 Å². The van der Waals surface area contributed by atoms with E-state index in [2.05, 4.69) is 4.98 Å². The predicted octanol–water partition coefficient (Wildman–Crippen LogP) is 5.22. The van der Waals surface area contributed by atoms with Crippen molar-refractivity contribution in [3.8, 4) is 28.7 Å². The van der Waals surface area contributed by atoms with E-state index in [4.69, 9.17) is 9.47 Å². The second-order valence-electron chi connectivity index (χ2n) is 6.76. The summed E-state index contributed by atoms with van der Waals surface area (Å²) in [5.74, 6) is 0.692. The van der Waals surface area contributed by atoms with Crippen LogP contribution in [0.15, 0.2) is 53.3 Å². The fourth-order valence-electron chi connectivity index (χ4n) is 3.09. The topological polar surface area (TPSA) is 75.1 Å². The number of pyridine rings is 1. The minimum atomic E-state index is -4.43. The van der Waals surface area contributed by atoms with Crippen LogP contribution in [0.25, 0.3) is 11.1 Å². The summed E-state index contributed by atoms with van der Waals surface area (Å²) < 4.78 is 50.1. The second kappa shape index (κ2) is 8.96. The van der Waals surface area contributed by atoms with Crippen molar-refractivity contribution < 1.29 is 22.6 Å². The highest BCUT2D eigenvalue weighted by Gasteiger charge is 2.30. The first-order valence-corrected chi connectivity index (χ1v) is 9.43. The third-order valence-corrected chi connectivity index (χ3v) is 4.48. The summed E-state index contributed by atoms with van der Waals surface area (Å²) in [6, 6.07) is 13.4. The Bertz CT molecular complexity index is 1190.